The van der Waals surface area contributed by atoms with E-state index in [2.05, 4.69) is 129 Å². The fourth-order valence-corrected chi connectivity index (χ4v) is 7.40. The minimum Gasteiger partial charge on any atom is -0.410 e. The van der Waals surface area contributed by atoms with E-state index in [-0.39, 0.29) is 27.9 Å². The first-order valence-electron chi connectivity index (χ1n) is 13.4. The Hall–Kier alpha value is -0.763. The fraction of sp³-hybridized carbons (Fsp3) is 0.645. The first-order chi connectivity index (χ1) is 16.2. The van der Waals surface area contributed by atoms with E-state index >= 15 is 0 Å². The third kappa shape index (κ3) is 6.10. The van der Waals surface area contributed by atoms with E-state index in [4.69, 9.17) is 9.41 Å². The van der Waals surface area contributed by atoms with E-state index in [1.807, 2.05) is 0 Å². The lowest BCUT2D eigenvalue weighted by Crippen LogP contribution is -2.44. The highest BCUT2D eigenvalue weighted by Gasteiger charge is 2.44. The third-order valence-corrected chi connectivity index (χ3v) is 13.8. The molecule has 0 spiro atoms. The average Bonchev–Trinajstić information content (AvgIpc) is 2.70. The monoisotopic (exact) mass is 621 g/mol. The van der Waals surface area contributed by atoms with E-state index in [1.165, 1.54) is 11.1 Å². The van der Waals surface area contributed by atoms with E-state index in [1.54, 1.807) is 0 Å². The normalized spacial score (nSPS) is 19.4. The lowest BCUT2D eigenvalue weighted by atomic mass is 9.74. The van der Waals surface area contributed by atoms with Crippen molar-refractivity contribution >= 4 is 30.9 Å². The van der Waals surface area contributed by atoms with Crippen LogP contribution >= 0.6 is 22.6 Å². The lowest BCUT2D eigenvalue weighted by molar-refractivity contribution is 0.104. The number of halogens is 1. The van der Waals surface area contributed by atoms with Crippen LogP contribution in [0.3, 0.4) is 0 Å². The lowest BCUT2D eigenvalue weighted by Gasteiger charge is -2.44. The molecule has 3 rings (SSSR count). The van der Waals surface area contributed by atoms with Crippen LogP contribution in [0, 0.1) is 8.99 Å². The number of fused-ring (bicyclic) bond motifs is 1. The molecule has 2 atom stereocenters. The summed E-state index contributed by atoms with van der Waals surface area (Å²) in [6, 6.07) is 8.46. The van der Waals surface area contributed by atoms with E-state index in [0.717, 1.165) is 38.9 Å². The van der Waals surface area contributed by atoms with Crippen molar-refractivity contribution in [2.75, 3.05) is 0 Å². The van der Waals surface area contributed by atoms with Gasteiger partial charge in [-0.2, -0.15) is 0 Å². The van der Waals surface area contributed by atoms with Gasteiger partial charge in [0.25, 0.3) is 0 Å². The maximum absolute atomic E-state index is 11.8. The van der Waals surface area contributed by atoms with Crippen LogP contribution < -0.4 is 0 Å². The highest BCUT2D eigenvalue weighted by molar-refractivity contribution is 14.1. The van der Waals surface area contributed by atoms with Crippen molar-refractivity contribution in [2.45, 2.75) is 124 Å². The summed E-state index contributed by atoms with van der Waals surface area (Å²) in [5.74, 6) is 0.215. The number of aromatic nitrogens is 1. The number of rotatable bonds is 5. The molecule has 0 fully saturated rings. The van der Waals surface area contributed by atoms with Gasteiger partial charge in [0.2, 0.25) is 0 Å². The number of aliphatic hydroxyl groups excluding tert-OH is 1. The zero-order valence-corrected chi connectivity index (χ0v) is 27.8. The van der Waals surface area contributed by atoms with Crippen molar-refractivity contribution in [3.05, 3.63) is 61.5 Å². The van der Waals surface area contributed by atoms with Gasteiger partial charge in [0, 0.05) is 20.4 Å². The smallest absolute Gasteiger partial charge is 0.192 e. The Labute approximate surface area is 235 Å². The SMILES string of the molecule is CC(C)c1nc2c(c(I)c1[C@H](O)c1ccc(C(C)(C)C)cc1)[C@@H](O[Si](C)(C)C(C)(C)C)CC(C)(C)C2. The summed E-state index contributed by atoms with van der Waals surface area (Å²) in [6.45, 7) is 27.3. The molecule has 0 radical (unpaired) electrons. The topological polar surface area (TPSA) is 42.4 Å². The molecule has 1 aliphatic carbocycles. The summed E-state index contributed by atoms with van der Waals surface area (Å²) in [6.07, 6.45) is 1.19. The van der Waals surface area contributed by atoms with Crippen LogP contribution in [0.2, 0.25) is 18.1 Å². The molecule has 0 saturated heterocycles. The molecule has 1 heterocycles. The maximum atomic E-state index is 11.8. The zero-order valence-electron chi connectivity index (χ0n) is 24.6. The van der Waals surface area contributed by atoms with Crippen LogP contribution in [0.4, 0.5) is 0 Å². The largest absolute Gasteiger partial charge is 0.410 e. The summed E-state index contributed by atoms with van der Waals surface area (Å²) in [5, 5.41) is 11.9. The highest BCUT2D eigenvalue weighted by Crippen LogP contribution is 2.50. The molecule has 0 amide bonds. The van der Waals surface area contributed by atoms with Crippen LogP contribution in [0.5, 0.6) is 0 Å². The van der Waals surface area contributed by atoms with Crippen LogP contribution in [-0.4, -0.2) is 18.4 Å². The molecule has 0 saturated carbocycles. The first kappa shape index (κ1) is 29.8. The van der Waals surface area contributed by atoms with Gasteiger partial charge in [0.05, 0.1) is 11.8 Å². The average molecular weight is 622 g/mol. The number of hydrogen-bond acceptors (Lipinski definition) is 3. The number of nitrogens with zero attached hydrogens (tertiary/aromatic N) is 1. The van der Waals surface area contributed by atoms with Crippen molar-refractivity contribution in [2.24, 2.45) is 5.41 Å². The fourth-order valence-electron chi connectivity index (χ4n) is 4.91. The number of benzene rings is 1. The van der Waals surface area contributed by atoms with Gasteiger partial charge in [-0.1, -0.05) is 93.5 Å². The summed E-state index contributed by atoms with van der Waals surface area (Å²) in [5.41, 5.74) is 6.72. The van der Waals surface area contributed by atoms with Crippen molar-refractivity contribution < 1.29 is 9.53 Å². The van der Waals surface area contributed by atoms with Gasteiger partial charge in [-0.05, 0) is 81.4 Å². The highest BCUT2D eigenvalue weighted by atomic mass is 127. The molecular weight excluding hydrogens is 573 g/mol. The van der Waals surface area contributed by atoms with Crippen molar-refractivity contribution in [3.63, 3.8) is 0 Å². The predicted octanol–water partition coefficient (Wildman–Crippen LogP) is 9.22. The van der Waals surface area contributed by atoms with Gasteiger partial charge in [-0.3, -0.25) is 4.98 Å². The first-order valence-corrected chi connectivity index (χ1v) is 17.4. The second-order valence-electron chi connectivity index (χ2n) is 14.4. The second-order valence-corrected chi connectivity index (χ2v) is 20.3. The summed E-state index contributed by atoms with van der Waals surface area (Å²) < 4.78 is 8.22. The Kier molecular flexibility index (Phi) is 8.35. The standard InChI is InChI=1S/C31H48INO2Si/c1-19(2)27-25(28(34)20-13-15-21(16-14-20)29(3,4)5)26(32)24-22(33-27)17-31(9,10)18-23(24)35-36(11,12)30(6,7)8/h13-16,19,23,28,34H,17-18H2,1-12H3/t23-,28+/m0/s1. The molecule has 1 N–H and O–H groups in total. The molecule has 1 aliphatic rings. The van der Waals surface area contributed by atoms with Gasteiger partial charge >= 0.3 is 0 Å². The van der Waals surface area contributed by atoms with Crippen molar-refractivity contribution in [3.8, 4) is 0 Å². The predicted molar refractivity (Wildman–Crippen MR) is 163 cm³/mol. The number of hydrogen-bond donors (Lipinski definition) is 1. The number of pyridine rings is 1. The minimum absolute atomic E-state index is 0.000490. The molecule has 2 aromatic rings. The molecule has 0 unspecified atom stereocenters. The Morgan fingerprint density at radius 2 is 1.61 bits per heavy atom. The van der Waals surface area contributed by atoms with Crippen LogP contribution in [0.15, 0.2) is 24.3 Å². The molecular formula is C31H48INO2Si. The van der Waals surface area contributed by atoms with E-state index in [9.17, 15) is 5.11 Å². The molecule has 1 aromatic heterocycles. The molecule has 3 nitrogen and oxygen atoms in total. The van der Waals surface area contributed by atoms with Gasteiger partial charge in [0.1, 0.15) is 6.10 Å². The molecule has 36 heavy (non-hydrogen) atoms. The van der Waals surface area contributed by atoms with Crippen LogP contribution in [0.1, 0.15) is 127 Å². The molecule has 0 aliphatic heterocycles. The second kappa shape index (κ2) is 10.1. The molecule has 5 heteroatoms. The molecule has 0 bridgehead atoms. The third-order valence-electron chi connectivity index (χ3n) is 8.18. The van der Waals surface area contributed by atoms with E-state index in [0.29, 0.717) is 0 Å². The van der Waals surface area contributed by atoms with Gasteiger partial charge in [0.15, 0.2) is 8.32 Å². The number of aliphatic hydroxyl groups is 1. The van der Waals surface area contributed by atoms with Gasteiger partial charge in [-0.25, -0.2) is 0 Å². The summed E-state index contributed by atoms with van der Waals surface area (Å²) in [7, 11) is -2.01. The van der Waals surface area contributed by atoms with Crippen molar-refractivity contribution in [1.82, 2.24) is 4.98 Å². The van der Waals surface area contributed by atoms with Gasteiger partial charge in [-0.15, -0.1) is 0 Å². The summed E-state index contributed by atoms with van der Waals surface area (Å²) in [4.78, 5) is 5.29. The Morgan fingerprint density at radius 3 is 2.08 bits per heavy atom. The Balaban J connectivity index is 2.18. The zero-order chi connectivity index (χ0) is 27.4. The van der Waals surface area contributed by atoms with Gasteiger partial charge < -0.3 is 9.53 Å². The Morgan fingerprint density at radius 1 is 1.06 bits per heavy atom. The molecule has 1 aromatic carbocycles. The van der Waals surface area contributed by atoms with Crippen LogP contribution in [-0.2, 0) is 16.3 Å². The quantitative estimate of drug-likeness (QED) is 0.267. The Bertz CT molecular complexity index is 1090. The van der Waals surface area contributed by atoms with Crippen molar-refractivity contribution in [1.29, 1.82) is 0 Å². The molecule has 200 valence electrons. The van der Waals surface area contributed by atoms with Crippen LogP contribution in [0.25, 0.3) is 0 Å². The van der Waals surface area contributed by atoms with E-state index < -0.39 is 14.4 Å². The minimum atomic E-state index is -2.01. The maximum Gasteiger partial charge on any atom is 0.192 e. The summed E-state index contributed by atoms with van der Waals surface area (Å²) >= 11 is 2.48.